The highest BCUT2D eigenvalue weighted by atomic mass is 16.5. The minimum atomic E-state index is 0.0184. The van der Waals surface area contributed by atoms with Crippen LogP contribution in [0.1, 0.15) is 29.5 Å². The van der Waals surface area contributed by atoms with Gasteiger partial charge in [0.1, 0.15) is 0 Å². The maximum absolute atomic E-state index is 12.4. The Morgan fingerprint density at radius 2 is 1.77 bits per heavy atom. The average Bonchev–Trinajstić information content (AvgIpc) is 3.11. The van der Waals surface area contributed by atoms with E-state index in [1.54, 1.807) is 11.9 Å². The van der Waals surface area contributed by atoms with Crippen LogP contribution in [0, 0.1) is 6.92 Å². The van der Waals surface area contributed by atoms with Crippen LogP contribution >= 0.6 is 0 Å². The summed E-state index contributed by atoms with van der Waals surface area (Å²) in [4.78, 5) is 18.5. The molecule has 0 aliphatic carbocycles. The summed E-state index contributed by atoms with van der Waals surface area (Å²) in [5.74, 6) is 0.999. The molecular weight excluding hydrogens is 326 g/mol. The van der Waals surface area contributed by atoms with E-state index in [0.29, 0.717) is 24.7 Å². The monoisotopic (exact) mass is 349 g/mol. The molecule has 0 aliphatic heterocycles. The average molecular weight is 349 g/mol. The van der Waals surface area contributed by atoms with Gasteiger partial charge >= 0.3 is 0 Å². The highest BCUT2D eigenvalue weighted by Crippen LogP contribution is 2.20. The molecule has 3 aromatic rings. The van der Waals surface area contributed by atoms with E-state index in [4.69, 9.17) is 4.52 Å². The third kappa shape index (κ3) is 4.17. The first-order valence-electron chi connectivity index (χ1n) is 8.77. The number of carbonyl (C=O) groups excluding carboxylic acids is 1. The molecule has 2 aromatic carbocycles. The van der Waals surface area contributed by atoms with E-state index in [1.807, 2.05) is 43.3 Å². The minimum Gasteiger partial charge on any atom is -0.337 e. The number of hydrogen-bond donors (Lipinski definition) is 0. The van der Waals surface area contributed by atoms with E-state index in [-0.39, 0.29) is 5.91 Å². The van der Waals surface area contributed by atoms with Crippen molar-refractivity contribution in [3.63, 3.8) is 0 Å². The van der Waals surface area contributed by atoms with Crippen LogP contribution in [0.25, 0.3) is 11.4 Å². The number of aromatic nitrogens is 2. The van der Waals surface area contributed by atoms with Crippen molar-refractivity contribution in [1.82, 2.24) is 15.0 Å². The Kier molecular flexibility index (Phi) is 5.46. The molecule has 5 nitrogen and oxygen atoms in total. The zero-order valence-electron chi connectivity index (χ0n) is 15.4. The van der Waals surface area contributed by atoms with Crippen molar-refractivity contribution in [2.24, 2.45) is 0 Å². The van der Waals surface area contributed by atoms with Crippen molar-refractivity contribution >= 4 is 5.91 Å². The van der Waals surface area contributed by atoms with E-state index < -0.39 is 0 Å². The lowest BCUT2D eigenvalue weighted by Crippen LogP contribution is -2.27. The molecule has 0 atom stereocenters. The Bertz CT molecular complexity index is 884. The van der Waals surface area contributed by atoms with Crippen molar-refractivity contribution in [2.45, 2.75) is 33.2 Å². The molecule has 0 spiro atoms. The molecule has 0 aliphatic rings. The Hall–Kier alpha value is -2.95. The number of benzene rings is 2. The highest BCUT2D eigenvalue weighted by molar-refractivity contribution is 5.78. The summed E-state index contributed by atoms with van der Waals surface area (Å²) < 4.78 is 5.32. The SMILES string of the molecule is CCc1ccc(CC(=O)N(C)Cc2nc(-c3ccccc3C)no2)cc1. The van der Waals surface area contributed by atoms with Gasteiger partial charge in [0.2, 0.25) is 17.6 Å². The molecule has 0 saturated carbocycles. The van der Waals surface area contributed by atoms with Crippen LogP contribution in [0.15, 0.2) is 53.1 Å². The zero-order chi connectivity index (χ0) is 18.5. The van der Waals surface area contributed by atoms with E-state index >= 15 is 0 Å². The van der Waals surface area contributed by atoms with Gasteiger partial charge in [-0.05, 0) is 30.0 Å². The van der Waals surface area contributed by atoms with Crippen molar-refractivity contribution in [1.29, 1.82) is 0 Å². The second-order valence-corrected chi connectivity index (χ2v) is 6.42. The highest BCUT2D eigenvalue weighted by Gasteiger charge is 2.15. The summed E-state index contributed by atoms with van der Waals surface area (Å²) in [6, 6.07) is 16.0. The Morgan fingerprint density at radius 3 is 2.46 bits per heavy atom. The molecule has 0 saturated heterocycles. The van der Waals surface area contributed by atoms with Crippen LogP contribution in [0.2, 0.25) is 0 Å². The van der Waals surface area contributed by atoms with Gasteiger partial charge in [0.15, 0.2) is 0 Å². The maximum Gasteiger partial charge on any atom is 0.246 e. The molecule has 1 aromatic heterocycles. The largest absolute Gasteiger partial charge is 0.337 e. The fourth-order valence-electron chi connectivity index (χ4n) is 2.75. The Balaban J connectivity index is 1.63. The van der Waals surface area contributed by atoms with Gasteiger partial charge in [-0.3, -0.25) is 4.79 Å². The summed E-state index contributed by atoms with van der Waals surface area (Å²) in [6.07, 6.45) is 1.35. The summed E-state index contributed by atoms with van der Waals surface area (Å²) in [5, 5.41) is 4.04. The van der Waals surface area contributed by atoms with Gasteiger partial charge in [-0.2, -0.15) is 4.98 Å². The van der Waals surface area contributed by atoms with E-state index in [0.717, 1.165) is 23.1 Å². The van der Waals surface area contributed by atoms with Crippen LogP contribution in [-0.4, -0.2) is 28.0 Å². The Morgan fingerprint density at radius 1 is 1.08 bits per heavy atom. The lowest BCUT2D eigenvalue weighted by Gasteiger charge is -2.14. The minimum absolute atomic E-state index is 0.0184. The molecule has 0 fully saturated rings. The summed E-state index contributed by atoms with van der Waals surface area (Å²) in [7, 11) is 1.75. The number of likely N-dealkylation sites (N-methyl/N-ethyl adjacent to an activating group) is 1. The normalized spacial score (nSPS) is 10.7. The summed E-state index contributed by atoms with van der Waals surface area (Å²) in [6.45, 7) is 4.42. The van der Waals surface area contributed by atoms with Gasteiger partial charge in [-0.25, -0.2) is 0 Å². The zero-order valence-corrected chi connectivity index (χ0v) is 15.4. The number of rotatable bonds is 6. The second kappa shape index (κ2) is 7.95. The third-order valence-electron chi connectivity index (χ3n) is 4.44. The van der Waals surface area contributed by atoms with Gasteiger partial charge in [0.05, 0.1) is 13.0 Å². The molecule has 0 radical (unpaired) electrons. The number of carbonyl (C=O) groups is 1. The van der Waals surface area contributed by atoms with Crippen molar-refractivity contribution in [3.8, 4) is 11.4 Å². The van der Waals surface area contributed by atoms with Gasteiger partial charge in [0, 0.05) is 12.6 Å². The quantitative estimate of drug-likeness (QED) is 0.679. The van der Waals surface area contributed by atoms with Gasteiger partial charge < -0.3 is 9.42 Å². The van der Waals surface area contributed by atoms with Crippen LogP contribution in [0.5, 0.6) is 0 Å². The lowest BCUT2D eigenvalue weighted by atomic mass is 10.1. The van der Waals surface area contributed by atoms with Crippen LogP contribution in [-0.2, 0) is 24.2 Å². The van der Waals surface area contributed by atoms with Gasteiger partial charge in [0.25, 0.3) is 0 Å². The second-order valence-electron chi connectivity index (χ2n) is 6.42. The van der Waals surface area contributed by atoms with Crippen molar-refractivity contribution in [3.05, 3.63) is 71.1 Å². The van der Waals surface area contributed by atoms with Gasteiger partial charge in [-0.1, -0.05) is 60.6 Å². The topological polar surface area (TPSA) is 59.2 Å². The van der Waals surface area contributed by atoms with Crippen molar-refractivity contribution < 1.29 is 9.32 Å². The standard InChI is InChI=1S/C21H23N3O2/c1-4-16-9-11-17(12-10-16)13-20(25)24(3)14-19-22-21(23-26-19)18-8-6-5-7-15(18)2/h5-12H,4,13-14H2,1-3H3. The molecule has 1 amide bonds. The molecular formula is C21H23N3O2. The summed E-state index contributed by atoms with van der Waals surface area (Å²) >= 11 is 0. The first-order chi connectivity index (χ1) is 12.6. The molecule has 0 bridgehead atoms. The Labute approximate surface area is 153 Å². The van der Waals surface area contributed by atoms with Crippen LogP contribution in [0.4, 0.5) is 0 Å². The molecule has 5 heteroatoms. The van der Waals surface area contributed by atoms with Gasteiger partial charge in [-0.15, -0.1) is 0 Å². The predicted molar refractivity (Wildman–Crippen MR) is 100 cm³/mol. The number of amides is 1. The first-order valence-corrected chi connectivity index (χ1v) is 8.77. The van der Waals surface area contributed by atoms with Crippen LogP contribution in [0.3, 0.4) is 0 Å². The molecule has 1 heterocycles. The summed E-state index contributed by atoms with van der Waals surface area (Å²) in [5.41, 5.74) is 4.29. The molecule has 0 unspecified atom stereocenters. The fraction of sp³-hybridized carbons (Fsp3) is 0.286. The number of nitrogens with zero attached hydrogens (tertiary/aromatic N) is 3. The van der Waals surface area contributed by atoms with Crippen molar-refractivity contribution in [2.75, 3.05) is 7.05 Å². The fourth-order valence-corrected chi connectivity index (χ4v) is 2.75. The number of hydrogen-bond acceptors (Lipinski definition) is 4. The van der Waals surface area contributed by atoms with Crippen LogP contribution < -0.4 is 0 Å². The van der Waals surface area contributed by atoms with E-state index in [1.165, 1.54) is 5.56 Å². The maximum atomic E-state index is 12.4. The molecule has 26 heavy (non-hydrogen) atoms. The molecule has 3 rings (SSSR count). The lowest BCUT2D eigenvalue weighted by molar-refractivity contribution is -0.130. The van der Waals surface area contributed by atoms with E-state index in [9.17, 15) is 4.79 Å². The molecule has 0 N–H and O–H groups in total. The number of aryl methyl sites for hydroxylation is 2. The third-order valence-corrected chi connectivity index (χ3v) is 4.44. The first kappa shape index (κ1) is 17.9. The predicted octanol–water partition coefficient (Wildman–Crippen LogP) is 3.81. The molecule has 134 valence electrons. The van der Waals surface area contributed by atoms with E-state index in [2.05, 4.69) is 29.2 Å². The smallest absolute Gasteiger partial charge is 0.246 e.